The molecule has 1 aliphatic carbocycles. The Labute approximate surface area is 113 Å². The van der Waals surface area contributed by atoms with E-state index in [1.54, 1.807) is 7.11 Å². The van der Waals surface area contributed by atoms with Crippen molar-refractivity contribution in [3.05, 3.63) is 29.8 Å². The van der Waals surface area contributed by atoms with Gasteiger partial charge in [0, 0.05) is 0 Å². The van der Waals surface area contributed by atoms with Gasteiger partial charge in [-0.3, -0.25) is 4.79 Å². The van der Waals surface area contributed by atoms with Crippen LogP contribution in [-0.4, -0.2) is 18.6 Å². The fourth-order valence-electron chi connectivity index (χ4n) is 2.44. The topological polar surface area (TPSA) is 61.5 Å². The van der Waals surface area contributed by atoms with E-state index in [0.29, 0.717) is 0 Å². The van der Waals surface area contributed by atoms with Gasteiger partial charge in [0.25, 0.3) is 0 Å². The fraction of sp³-hybridized carbons (Fsp3) is 0.533. The summed E-state index contributed by atoms with van der Waals surface area (Å²) < 4.78 is 10.5. The molecule has 0 bridgehead atoms. The molecule has 19 heavy (non-hydrogen) atoms. The summed E-state index contributed by atoms with van der Waals surface area (Å²) in [5.41, 5.74) is 6.25. The highest BCUT2D eigenvalue weighted by Crippen LogP contribution is 2.27. The van der Waals surface area contributed by atoms with Gasteiger partial charge < -0.3 is 15.2 Å². The molecule has 2 N–H and O–H groups in total. The predicted molar refractivity (Wildman–Crippen MR) is 72.8 cm³/mol. The minimum Gasteiger partial charge on any atom is -0.497 e. The van der Waals surface area contributed by atoms with E-state index in [1.165, 1.54) is 0 Å². The number of nitrogens with two attached hydrogens (primary N) is 1. The quantitative estimate of drug-likeness (QED) is 0.847. The summed E-state index contributed by atoms with van der Waals surface area (Å²) in [5.74, 6) is 0.476. The number of carbonyl (C=O) groups is 1. The van der Waals surface area contributed by atoms with Crippen molar-refractivity contribution in [3.63, 3.8) is 0 Å². The Balaban J connectivity index is 1.92. The maximum atomic E-state index is 12.1. The zero-order chi connectivity index (χ0) is 13.7. The summed E-state index contributed by atoms with van der Waals surface area (Å²) in [6.45, 7) is 0.245. The number of hydrogen-bond donors (Lipinski definition) is 1. The van der Waals surface area contributed by atoms with Crippen LogP contribution in [0.2, 0.25) is 0 Å². The monoisotopic (exact) mass is 263 g/mol. The highest BCUT2D eigenvalue weighted by molar-refractivity contribution is 5.80. The van der Waals surface area contributed by atoms with Gasteiger partial charge in [-0.25, -0.2) is 0 Å². The van der Waals surface area contributed by atoms with Gasteiger partial charge in [0.05, 0.1) is 7.11 Å². The van der Waals surface area contributed by atoms with Crippen molar-refractivity contribution in [2.24, 2.45) is 5.73 Å². The Morgan fingerprint density at radius 3 is 2.74 bits per heavy atom. The third kappa shape index (κ3) is 3.47. The maximum absolute atomic E-state index is 12.1. The first-order chi connectivity index (χ1) is 9.14. The van der Waals surface area contributed by atoms with Gasteiger partial charge in [-0.05, 0) is 30.5 Å². The van der Waals surface area contributed by atoms with Crippen molar-refractivity contribution in [1.29, 1.82) is 0 Å². The second kappa shape index (κ2) is 6.06. The molecular formula is C15H21NO3. The van der Waals surface area contributed by atoms with Crippen LogP contribution in [0.1, 0.15) is 37.7 Å². The molecule has 0 spiro atoms. The van der Waals surface area contributed by atoms with Crippen LogP contribution in [0, 0.1) is 0 Å². The van der Waals surface area contributed by atoms with Crippen molar-refractivity contribution in [3.8, 4) is 5.75 Å². The lowest BCUT2D eigenvalue weighted by atomic mass is 9.83. The molecule has 0 radical (unpaired) electrons. The summed E-state index contributed by atoms with van der Waals surface area (Å²) in [5, 5.41) is 0. The normalized spacial score (nSPS) is 17.8. The molecule has 0 unspecified atom stereocenters. The van der Waals surface area contributed by atoms with Crippen LogP contribution < -0.4 is 10.5 Å². The van der Waals surface area contributed by atoms with Gasteiger partial charge in [0.2, 0.25) is 0 Å². The first-order valence-electron chi connectivity index (χ1n) is 6.73. The van der Waals surface area contributed by atoms with E-state index >= 15 is 0 Å². The van der Waals surface area contributed by atoms with Crippen molar-refractivity contribution in [2.45, 2.75) is 44.2 Å². The standard InChI is InChI=1S/C15H21NO3/c1-18-13-7-5-6-12(10-13)11-19-14(17)15(16)8-3-2-4-9-15/h5-7,10H,2-4,8-9,11,16H2,1H3. The molecule has 4 nitrogen and oxygen atoms in total. The van der Waals surface area contributed by atoms with Crippen LogP contribution in [0.3, 0.4) is 0 Å². The fourth-order valence-corrected chi connectivity index (χ4v) is 2.44. The van der Waals surface area contributed by atoms with E-state index in [2.05, 4.69) is 0 Å². The SMILES string of the molecule is COc1cccc(COC(=O)C2(N)CCCCC2)c1. The first-order valence-corrected chi connectivity index (χ1v) is 6.73. The number of rotatable bonds is 4. The average Bonchev–Trinajstić information content (AvgIpc) is 2.45. The average molecular weight is 263 g/mol. The van der Waals surface area contributed by atoms with Gasteiger partial charge in [-0.2, -0.15) is 0 Å². The molecule has 104 valence electrons. The minimum atomic E-state index is -0.781. The Morgan fingerprint density at radius 1 is 1.32 bits per heavy atom. The van der Waals surface area contributed by atoms with Gasteiger partial charge in [0.1, 0.15) is 17.9 Å². The molecule has 1 fully saturated rings. The third-order valence-electron chi connectivity index (χ3n) is 3.66. The van der Waals surface area contributed by atoms with E-state index in [9.17, 15) is 4.79 Å². The smallest absolute Gasteiger partial charge is 0.326 e. The van der Waals surface area contributed by atoms with Crippen LogP contribution >= 0.6 is 0 Å². The first kappa shape index (κ1) is 13.9. The predicted octanol–water partition coefficient (Wildman–Crippen LogP) is 2.40. The van der Waals surface area contributed by atoms with Crippen molar-refractivity contribution in [1.82, 2.24) is 0 Å². The number of methoxy groups -OCH3 is 1. The van der Waals surface area contributed by atoms with E-state index < -0.39 is 5.54 Å². The molecular weight excluding hydrogens is 242 g/mol. The van der Waals surface area contributed by atoms with Crippen molar-refractivity contribution < 1.29 is 14.3 Å². The Bertz CT molecular complexity index is 439. The lowest BCUT2D eigenvalue weighted by Gasteiger charge is -2.30. The molecule has 1 aromatic rings. The van der Waals surface area contributed by atoms with Crippen LogP contribution in [0.4, 0.5) is 0 Å². The van der Waals surface area contributed by atoms with Crippen molar-refractivity contribution in [2.75, 3.05) is 7.11 Å². The summed E-state index contributed by atoms with van der Waals surface area (Å²) in [6.07, 6.45) is 4.62. The Kier molecular flexibility index (Phi) is 4.43. The number of ether oxygens (including phenoxy) is 2. The molecule has 1 aliphatic rings. The Morgan fingerprint density at radius 2 is 2.05 bits per heavy atom. The minimum absolute atomic E-state index is 0.245. The van der Waals surface area contributed by atoms with Crippen LogP contribution in [-0.2, 0) is 16.1 Å². The maximum Gasteiger partial charge on any atom is 0.326 e. The van der Waals surface area contributed by atoms with Gasteiger partial charge >= 0.3 is 5.97 Å². The highest BCUT2D eigenvalue weighted by Gasteiger charge is 2.36. The number of hydrogen-bond acceptors (Lipinski definition) is 4. The molecule has 0 aliphatic heterocycles. The molecule has 1 aromatic carbocycles. The molecule has 4 heteroatoms. The number of carbonyl (C=O) groups excluding carboxylic acids is 1. The lowest BCUT2D eigenvalue weighted by Crippen LogP contribution is -2.50. The van der Waals surface area contributed by atoms with Gasteiger partial charge in [-0.1, -0.05) is 31.4 Å². The summed E-state index contributed by atoms with van der Waals surface area (Å²) in [7, 11) is 1.61. The second-order valence-electron chi connectivity index (χ2n) is 5.14. The zero-order valence-corrected chi connectivity index (χ0v) is 11.4. The van der Waals surface area contributed by atoms with Crippen LogP contribution in [0.5, 0.6) is 5.75 Å². The summed E-state index contributed by atoms with van der Waals surface area (Å²) >= 11 is 0. The molecule has 0 saturated heterocycles. The Hall–Kier alpha value is -1.55. The molecule has 0 heterocycles. The van der Waals surface area contributed by atoms with Crippen LogP contribution in [0.15, 0.2) is 24.3 Å². The largest absolute Gasteiger partial charge is 0.497 e. The molecule has 1 saturated carbocycles. The lowest BCUT2D eigenvalue weighted by molar-refractivity contribution is -0.152. The third-order valence-corrected chi connectivity index (χ3v) is 3.66. The molecule has 0 aromatic heterocycles. The zero-order valence-electron chi connectivity index (χ0n) is 11.4. The molecule has 0 atom stereocenters. The molecule has 2 rings (SSSR count). The second-order valence-corrected chi connectivity index (χ2v) is 5.14. The van der Waals surface area contributed by atoms with E-state index in [4.69, 9.17) is 15.2 Å². The summed E-state index contributed by atoms with van der Waals surface area (Å²) in [4.78, 5) is 12.1. The van der Waals surface area contributed by atoms with Crippen molar-refractivity contribution >= 4 is 5.97 Å². The van der Waals surface area contributed by atoms with E-state index in [0.717, 1.165) is 43.4 Å². The number of esters is 1. The molecule has 0 amide bonds. The van der Waals surface area contributed by atoms with E-state index in [1.807, 2.05) is 24.3 Å². The van der Waals surface area contributed by atoms with Gasteiger partial charge in [0.15, 0.2) is 0 Å². The number of benzene rings is 1. The van der Waals surface area contributed by atoms with Crippen LogP contribution in [0.25, 0.3) is 0 Å². The summed E-state index contributed by atoms with van der Waals surface area (Å²) in [6, 6.07) is 7.49. The highest BCUT2D eigenvalue weighted by atomic mass is 16.5. The van der Waals surface area contributed by atoms with E-state index in [-0.39, 0.29) is 12.6 Å². The van der Waals surface area contributed by atoms with Gasteiger partial charge in [-0.15, -0.1) is 0 Å².